The molecular weight excluding hydrogens is 442 g/mol. The maximum absolute atomic E-state index is 6.12. The Kier molecular flexibility index (Phi) is 7.28. The van der Waals surface area contributed by atoms with Crippen LogP contribution < -0.4 is 15.4 Å². The van der Waals surface area contributed by atoms with E-state index < -0.39 is 0 Å². The zero-order valence-electron chi connectivity index (χ0n) is 19.2. The monoisotopic (exact) mass is 471 g/mol. The highest BCUT2D eigenvalue weighted by atomic mass is 35.5. The van der Waals surface area contributed by atoms with E-state index in [-0.39, 0.29) is 0 Å². The van der Waals surface area contributed by atoms with Gasteiger partial charge in [-0.25, -0.2) is 0 Å². The van der Waals surface area contributed by atoms with Gasteiger partial charge in [-0.3, -0.25) is 4.98 Å². The van der Waals surface area contributed by atoms with Gasteiger partial charge in [0, 0.05) is 40.9 Å². The van der Waals surface area contributed by atoms with E-state index in [1.807, 2.05) is 36.5 Å². The molecule has 34 heavy (non-hydrogen) atoms. The molecule has 3 aromatic carbocycles. The SMILES string of the molecule is Clc1ccc2c(N[C@H]3CC[C@@H](NCc4ccc(OCc5ccccc5)cc4)CC3)ccnc2c1. The molecule has 0 unspecified atom stereocenters. The van der Waals surface area contributed by atoms with Gasteiger partial charge in [0.15, 0.2) is 0 Å². The molecule has 0 amide bonds. The van der Waals surface area contributed by atoms with E-state index in [0.29, 0.717) is 18.7 Å². The Morgan fingerprint density at radius 2 is 1.59 bits per heavy atom. The molecular formula is C29H30ClN3O. The van der Waals surface area contributed by atoms with E-state index in [1.165, 1.54) is 24.0 Å². The van der Waals surface area contributed by atoms with Crippen molar-refractivity contribution in [2.24, 2.45) is 0 Å². The summed E-state index contributed by atoms with van der Waals surface area (Å²) in [4.78, 5) is 4.45. The van der Waals surface area contributed by atoms with Crippen molar-refractivity contribution in [2.45, 2.75) is 50.9 Å². The standard InChI is InChI=1S/C29H30ClN3O/c30-23-8-15-27-28(16-17-31-29(27)18-23)33-25-11-9-24(10-12-25)32-19-21-6-13-26(14-7-21)34-20-22-4-2-1-3-5-22/h1-8,13-18,24-25,32H,9-12,19-20H2,(H,31,33)/t24-,25+. The first-order valence-electron chi connectivity index (χ1n) is 12.0. The highest BCUT2D eigenvalue weighted by Crippen LogP contribution is 2.28. The second-order valence-corrected chi connectivity index (χ2v) is 9.45. The fourth-order valence-corrected chi connectivity index (χ4v) is 4.78. The van der Waals surface area contributed by atoms with Crippen LogP contribution in [0.5, 0.6) is 5.75 Å². The van der Waals surface area contributed by atoms with Gasteiger partial charge in [-0.1, -0.05) is 54.1 Å². The first-order valence-corrected chi connectivity index (χ1v) is 12.4. The lowest BCUT2D eigenvalue weighted by Crippen LogP contribution is -2.36. The maximum Gasteiger partial charge on any atom is 0.119 e. The Labute approximate surface area is 206 Å². The smallest absolute Gasteiger partial charge is 0.119 e. The van der Waals surface area contributed by atoms with Crippen LogP contribution in [-0.4, -0.2) is 17.1 Å². The van der Waals surface area contributed by atoms with E-state index in [2.05, 4.69) is 64.1 Å². The van der Waals surface area contributed by atoms with Gasteiger partial charge in [0.1, 0.15) is 12.4 Å². The molecule has 5 heteroatoms. The van der Waals surface area contributed by atoms with Crippen molar-refractivity contribution < 1.29 is 4.74 Å². The average Bonchev–Trinajstić information content (AvgIpc) is 2.88. The van der Waals surface area contributed by atoms with Gasteiger partial charge in [-0.2, -0.15) is 0 Å². The van der Waals surface area contributed by atoms with Crippen LogP contribution in [0.15, 0.2) is 85.1 Å². The molecule has 1 aromatic heterocycles. The van der Waals surface area contributed by atoms with Crippen molar-refractivity contribution in [3.05, 3.63) is 101 Å². The Bertz CT molecular complexity index is 1210. The minimum absolute atomic E-state index is 0.486. The number of nitrogens with one attached hydrogen (secondary N) is 2. The third-order valence-electron chi connectivity index (χ3n) is 6.56. The summed E-state index contributed by atoms with van der Waals surface area (Å²) in [6.45, 7) is 1.48. The lowest BCUT2D eigenvalue weighted by Gasteiger charge is -2.30. The number of fused-ring (bicyclic) bond motifs is 1. The summed E-state index contributed by atoms with van der Waals surface area (Å²) in [6.07, 6.45) is 6.50. The number of halogens is 1. The van der Waals surface area contributed by atoms with Gasteiger partial charge in [-0.05, 0) is 73.2 Å². The molecule has 0 saturated heterocycles. The van der Waals surface area contributed by atoms with Gasteiger partial charge in [-0.15, -0.1) is 0 Å². The number of rotatable bonds is 8. The zero-order valence-corrected chi connectivity index (χ0v) is 20.0. The topological polar surface area (TPSA) is 46.2 Å². The zero-order chi connectivity index (χ0) is 23.2. The van der Waals surface area contributed by atoms with E-state index >= 15 is 0 Å². The van der Waals surface area contributed by atoms with Gasteiger partial charge in [0.05, 0.1) is 5.52 Å². The normalized spacial score (nSPS) is 18.0. The van der Waals surface area contributed by atoms with Gasteiger partial charge < -0.3 is 15.4 Å². The Balaban J connectivity index is 1.07. The quantitative estimate of drug-likeness (QED) is 0.291. The molecule has 1 fully saturated rings. The Morgan fingerprint density at radius 1 is 0.824 bits per heavy atom. The van der Waals surface area contributed by atoms with Crippen LogP contribution in [0.25, 0.3) is 10.9 Å². The third-order valence-corrected chi connectivity index (χ3v) is 6.79. The summed E-state index contributed by atoms with van der Waals surface area (Å²) < 4.78 is 5.90. The lowest BCUT2D eigenvalue weighted by atomic mass is 9.90. The van der Waals surface area contributed by atoms with E-state index in [9.17, 15) is 0 Å². The van der Waals surface area contributed by atoms with Crippen LogP contribution in [0.2, 0.25) is 5.02 Å². The molecule has 2 N–H and O–H groups in total. The molecule has 4 nitrogen and oxygen atoms in total. The van der Waals surface area contributed by atoms with Crippen molar-refractivity contribution >= 4 is 28.2 Å². The van der Waals surface area contributed by atoms with Crippen LogP contribution in [0.1, 0.15) is 36.8 Å². The molecule has 1 aliphatic carbocycles. The van der Waals surface area contributed by atoms with Crippen molar-refractivity contribution in [3.63, 3.8) is 0 Å². The number of benzene rings is 3. The number of pyridine rings is 1. The van der Waals surface area contributed by atoms with E-state index in [1.54, 1.807) is 0 Å². The molecule has 0 spiro atoms. The van der Waals surface area contributed by atoms with Gasteiger partial charge in [0.25, 0.3) is 0 Å². The van der Waals surface area contributed by atoms with Crippen LogP contribution >= 0.6 is 11.6 Å². The molecule has 1 saturated carbocycles. The second-order valence-electron chi connectivity index (χ2n) is 9.01. The summed E-state index contributed by atoms with van der Waals surface area (Å²) >= 11 is 6.12. The molecule has 0 aliphatic heterocycles. The summed E-state index contributed by atoms with van der Waals surface area (Å²) in [5.41, 5.74) is 4.55. The fourth-order valence-electron chi connectivity index (χ4n) is 4.62. The largest absolute Gasteiger partial charge is 0.489 e. The average molecular weight is 472 g/mol. The minimum Gasteiger partial charge on any atom is -0.489 e. The summed E-state index contributed by atoms with van der Waals surface area (Å²) in [5.74, 6) is 0.907. The summed E-state index contributed by atoms with van der Waals surface area (Å²) in [6, 6.07) is 27.7. The number of hydrogen-bond acceptors (Lipinski definition) is 4. The minimum atomic E-state index is 0.486. The molecule has 1 aliphatic rings. The Morgan fingerprint density at radius 3 is 2.38 bits per heavy atom. The van der Waals surface area contributed by atoms with Crippen LogP contribution in [0.4, 0.5) is 5.69 Å². The van der Waals surface area contributed by atoms with E-state index in [4.69, 9.17) is 16.3 Å². The van der Waals surface area contributed by atoms with E-state index in [0.717, 1.165) is 46.7 Å². The van der Waals surface area contributed by atoms with Crippen LogP contribution in [0, 0.1) is 0 Å². The van der Waals surface area contributed by atoms with Crippen molar-refractivity contribution in [2.75, 3.05) is 5.32 Å². The maximum atomic E-state index is 6.12. The van der Waals surface area contributed by atoms with Crippen molar-refractivity contribution in [3.8, 4) is 5.75 Å². The number of nitrogens with zero attached hydrogens (tertiary/aromatic N) is 1. The number of aromatic nitrogens is 1. The molecule has 0 bridgehead atoms. The number of hydrogen-bond donors (Lipinski definition) is 2. The molecule has 0 atom stereocenters. The van der Waals surface area contributed by atoms with Gasteiger partial charge in [0.2, 0.25) is 0 Å². The van der Waals surface area contributed by atoms with Crippen LogP contribution in [-0.2, 0) is 13.2 Å². The molecule has 4 aromatic rings. The molecule has 174 valence electrons. The van der Waals surface area contributed by atoms with Gasteiger partial charge >= 0.3 is 0 Å². The molecule has 5 rings (SSSR count). The lowest BCUT2D eigenvalue weighted by molar-refractivity contribution is 0.306. The second kappa shape index (κ2) is 10.9. The predicted octanol–water partition coefficient (Wildman–Crippen LogP) is 6.98. The number of anilines is 1. The van der Waals surface area contributed by atoms with Crippen molar-refractivity contribution in [1.29, 1.82) is 0 Å². The van der Waals surface area contributed by atoms with Crippen LogP contribution in [0.3, 0.4) is 0 Å². The number of ether oxygens (including phenoxy) is 1. The predicted molar refractivity (Wildman–Crippen MR) is 140 cm³/mol. The molecule has 0 radical (unpaired) electrons. The Hall–Kier alpha value is -3.08. The first kappa shape index (κ1) is 22.7. The highest BCUT2D eigenvalue weighted by molar-refractivity contribution is 6.31. The summed E-state index contributed by atoms with van der Waals surface area (Å²) in [5, 5.41) is 9.33. The third kappa shape index (κ3) is 5.88. The highest BCUT2D eigenvalue weighted by Gasteiger charge is 2.21. The fraction of sp³-hybridized carbons (Fsp3) is 0.276. The summed E-state index contributed by atoms with van der Waals surface area (Å²) in [7, 11) is 0. The van der Waals surface area contributed by atoms with Crippen molar-refractivity contribution in [1.82, 2.24) is 10.3 Å². The first-order chi connectivity index (χ1) is 16.7. The molecule has 1 heterocycles.